The Bertz CT molecular complexity index is 313. The van der Waals surface area contributed by atoms with E-state index in [4.69, 9.17) is 14.4 Å². The van der Waals surface area contributed by atoms with Crippen LogP contribution in [0.5, 0.6) is 0 Å². The van der Waals surface area contributed by atoms with Gasteiger partial charge in [0.1, 0.15) is 0 Å². The van der Waals surface area contributed by atoms with E-state index in [9.17, 15) is 0 Å². The summed E-state index contributed by atoms with van der Waals surface area (Å²) in [5.74, 6) is 0. The van der Waals surface area contributed by atoms with Crippen LogP contribution >= 0.6 is 0 Å². The predicted octanol–water partition coefficient (Wildman–Crippen LogP) is -0.277. The highest BCUT2D eigenvalue weighted by Crippen LogP contribution is 1.99. The normalized spacial score (nSPS) is 18.8. The van der Waals surface area contributed by atoms with Gasteiger partial charge in [0.2, 0.25) is 0 Å². The van der Waals surface area contributed by atoms with Gasteiger partial charge in [-0.1, -0.05) is 30.3 Å². The van der Waals surface area contributed by atoms with Crippen LogP contribution in [0.25, 0.3) is 0 Å². The van der Waals surface area contributed by atoms with E-state index in [0.29, 0.717) is 19.8 Å². The maximum absolute atomic E-state index is 8.89. The van der Waals surface area contributed by atoms with Gasteiger partial charge in [-0.25, -0.2) is 0 Å². The third-order valence-corrected chi connectivity index (χ3v) is 2.84. The third-order valence-electron chi connectivity index (χ3n) is 2.84. The molecule has 92 valence electrons. The average Bonchev–Trinajstić information content (AvgIpc) is 2.34. The van der Waals surface area contributed by atoms with Gasteiger partial charge in [-0.05, 0) is 5.46 Å². The molecule has 1 aliphatic rings. The molecule has 2 rings (SSSR count). The van der Waals surface area contributed by atoms with Gasteiger partial charge in [-0.15, -0.1) is 0 Å². The van der Waals surface area contributed by atoms with Gasteiger partial charge >= 0.3 is 7.12 Å². The zero-order valence-electron chi connectivity index (χ0n) is 9.92. The monoisotopic (exact) mass is 235 g/mol. The SMILES string of the molecule is OCCN1CCOB(c2ccccc2)OCC1. The first-order valence-electron chi connectivity index (χ1n) is 6.01. The quantitative estimate of drug-likeness (QED) is 0.732. The van der Waals surface area contributed by atoms with Crippen LogP contribution in [0.2, 0.25) is 0 Å². The molecule has 1 aromatic rings. The van der Waals surface area contributed by atoms with Gasteiger partial charge in [-0.3, -0.25) is 4.90 Å². The van der Waals surface area contributed by atoms with Crippen molar-refractivity contribution in [1.29, 1.82) is 0 Å². The van der Waals surface area contributed by atoms with Crippen molar-refractivity contribution in [2.45, 2.75) is 0 Å². The van der Waals surface area contributed by atoms with Crippen LogP contribution in [0.4, 0.5) is 0 Å². The van der Waals surface area contributed by atoms with E-state index in [1.165, 1.54) is 0 Å². The molecule has 0 bridgehead atoms. The van der Waals surface area contributed by atoms with Gasteiger partial charge < -0.3 is 14.4 Å². The lowest BCUT2D eigenvalue weighted by Gasteiger charge is -2.26. The van der Waals surface area contributed by atoms with Crippen LogP contribution in [0.1, 0.15) is 0 Å². The van der Waals surface area contributed by atoms with Crippen molar-refractivity contribution < 1.29 is 14.4 Å². The fraction of sp³-hybridized carbons (Fsp3) is 0.500. The molecule has 1 saturated heterocycles. The maximum atomic E-state index is 8.89. The molecular weight excluding hydrogens is 217 g/mol. The van der Waals surface area contributed by atoms with Crippen LogP contribution in [0.15, 0.2) is 30.3 Å². The number of aliphatic hydroxyl groups is 1. The Kier molecular flexibility index (Phi) is 5.00. The van der Waals surface area contributed by atoms with Gasteiger partial charge in [0.05, 0.1) is 6.61 Å². The minimum absolute atomic E-state index is 0.183. The first kappa shape index (κ1) is 12.6. The minimum Gasteiger partial charge on any atom is -0.406 e. The maximum Gasteiger partial charge on any atom is 0.493 e. The van der Waals surface area contributed by atoms with Gasteiger partial charge in [0.25, 0.3) is 0 Å². The Hall–Kier alpha value is -0.875. The standard InChI is InChI=1S/C12H18BNO3/c15-9-6-14-7-10-16-13(17-11-8-14)12-4-2-1-3-5-12/h1-5,15H,6-11H2. The van der Waals surface area contributed by atoms with E-state index in [-0.39, 0.29) is 13.7 Å². The molecule has 0 amide bonds. The average molecular weight is 235 g/mol. The summed E-state index contributed by atoms with van der Waals surface area (Å²) in [6.07, 6.45) is 0. The first-order valence-corrected chi connectivity index (χ1v) is 6.01. The molecule has 0 saturated carbocycles. The van der Waals surface area contributed by atoms with E-state index in [2.05, 4.69) is 4.90 Å². The lowest BCUT2D eigenvalue weighted by molar-refractivity contribution is 0.103. The minimum atomic E-state index is -0.257. The highest BCUT2D eigenvalue weighted by atomic mass is 16.6. The number of aliphatic hydroxyl groups excluding tert-OH is 1. The summed E-state index contributed by atoms with van der Waals surface area (Å²) in [4.78, 5) is 2.14. The molecule has 1 aliphatic heterocycles. The summed E-state index contributed by atoms with van der Waals surface area (Å²) in [5.41, 5.74) is 1.06. The molecule has 1 heterocycles. The summed E-state index contributed by atoms with van der Waals surface area (Å²) in [7, 11) is -0.257. The summed E-state index contributed by atoms with van der Waals surface area (Å²) in [6.45, 7) is 3.80. The number of benzene rings is 1. The van der Waals surface area contributed by atoms with E-state index >= 15 is 0 Å². The van der Waals surface area contributed by atoms with Crippen molar-refractivity contribution in [3.05, 3.63) is 30.3 Å². The highest BCUT2D eigenvalue weighted by molar-refractivity contribution is 6.61. The number of hydrogen-bond donors (Lipinski definition) is 1. The Balaban J connectivity index is 1.88. The Morgan fingerprint density at radius 3 is 2.35 bits per heavy atom. The van der Waals surface area contributed by atoms with Gasteiger partial charge in [-0.2, -0.15) is 0 Å². The smallest absolute Gasteiger partial charge is 0.406 e. The second-order valence-corrected chi connectivity index (χ2v) is 4.05. The van der Waals surface area contributed by atoms with Crippen molar-refractivity contribution in [3.63, 3.8) is 0 Å². The van der Waals surface area contributed by atoms with Crippen molar-refractivity contribution in [2.24, 2.45) is 0 Å². The van der Waals surface area contributed by atoms with Crippen LogP contribution in [0, 0.1) is 0 Å². The summed E-state index contributed by atoms with van der Waals surface area (Å²) >= 11 is 0. The largest absolute Gasteiger partial charge is 0.493 e. The molecule has 1 fully saturated rings. The third kappa shape index (κ3) is 3.82. The zero-order valence-corrected chi connectivity index (χ0v) is 9.92. The van der Waals surface area contributed by atoms with E-state index in [0.717, 1.165) is 18.6 Å². The first-order chi connectivity index (χ1) is 8.40. The van der Waals surface area contributed by atoms with Crippen molar-refractivity contribution in [2.75, 3.05) is 39.5 Å². The Labute approximate surface area is 102 Å². The fourth-order valence-corrected chi connectivity index (χ4v) is 1.91. The number of hydrogen-bond acceptors (Lipinski definition) is 4. The predicted molar refractivity (Wildman–Crippen MR) is 67.3 cm³/mol. The number of rotatable bonds is 3. The molecule has 1 N–H and O–H groups in total. The van der Waals surface area contributed by atoms with E-state index in [1.54, 1.807) is 0 Å². The van der Waals surface area contributed by atoms with Crippen LogP contribution < -0.4 is 5.46 Å². The van der Waals surface area contributed by atoms with E-state index in [1.807, 2.05) is 30.3 Å². The molecule has 5 heteroatoms. The molecule has 0 unspecified atom stereocenters. The van der Waals surface area contributed by atoms with E-state index < -0.39 is 0 Å². The summed E-state index contributed by atoms with van der Waals surface area (Å²) in [6, 6.07) is 9.97. The zero-order chi connectivity index (χ0) is 11.9. The summed E-state index contributed by atoms with van der Waals surface area (Å²) < 4.78 is 11.4. The van der Waals surface area contributed by atoms with Gasteiger partial charge in [0.15, 0.2) is 0 Å². The molecule has 4 nitrogen and oxygen atoms in total. The van der Waals surface area contributed by atoms with Crippen LogP contribution in [0.3, 0.4) is 0 Å². The van der Waals surface area contributed by atoms with Crippen molar-refractivity contribution >= 4 is 12.6 Å². The second-order valence-electron chi connectivity index (χ2n) is 4.05. The lowest BCUT2D eigenvalue weighted by atomic mass is 9.79. The van der Waals surface area contributed by atoms with Crippen molar-refractivity contribution in [3.8, 4) is 0 Å². The molecule has 1 aromatic carbocycles. The van der Waals surface area contributed by atoms with Gasteiger partial charge in [0, 0.05) is 32.8 Å². The van der Waals surface area contributed by atoms with Crippen molar-refractivity contribution in [1.82, 2.24) is 4.90 Å². The highest BCUT2D eigenvalue weighted by Gasteiger charge is 2.23. The number of β-amino-alcohol motifs (C(OH)–C–C–N with tert-alkyl or cyclic N) is 1. The molecule has 0 spiro atoms. The molecule has 17 heavy (non-hydrogen) atoms. The molecule has 0 radical (unpaired) electrons. The number of nitrogens with zero attached hydrogens (tertiary/aromatic N) is 1. The Morgan fingerprint density at radius 1 is 1.12 bits per heavy atom. The second kappa shape index (κ2) is 6.76. The van der Waals surface area contributed by atoms with Crippen LogP contribution in [-0.4, -0.2) is 56.6 Å². The Morgan fingerprint density at radius 2 is 1.76 bits per heavy atom. The fourth-order valence-electron chi connectivity index (χ4n) is 1.91. The summed E-state index contributed by atoms with van der Waals surface area (Å²) in [5, 5.41) is 8.89. The molecular formula is C12H18BNO3. The molecule has 0 atom stereocenters. The molecule has 0 aromatic heterocycles. The topological polar surface area (TPSA) is 41.9 Å². The molecule has 0 aliphatic carbocycles. The lowest BCUT2D eigenvalue weighted by Crippen LogP contribution is -2.45. The van der Waals surface area contributed by atoms with Crippen LogP contribution in [-0.2, 0) is 9.31 Å².